The second kappa shape index (κ2) is 10.1. The molecule has 5 heterocycles. The third-order valence-corrected chi connectivity index (χ3v) is 12.0. The third-order valence-electron chi connectivity index (χ3n) is 11.0. The molecule has 236 valence electrons. The Morgan fingerprint density at radius 2 is 1.22 bits per heavy atom. The number of fused-ring (bicyclic) bond motifs is 11. The fourth-order valence-corrected chi connectivity index (χ4v) is 9.99. The molecule has 2 aliphatic heterocycles. The third kappa shape index (κ3) is 3.68. The highest BCUT2D eigenvalue weighted by Crippen LogP contribution is 2.51. The summed E-state index contributed by atoms with van der Waals surface area (Å²) in [5, 5.41) is 7.17. The first-order valence-corrected chi connectivity index (χ1v) is 18.3. The molecule has 0 radical (unpaired) electrons. The molecule has 0 atom stereocenters. The standard InChI is InChI=1S/C46H27BN2OS/c1-3-13-28(14-4-1)30-23-31(29-15-5-2-6-16-29)25-32(24-30)48-39-21-11-9-19-37(39)47-43-40(48)27-51-46(43)36-26-35-33-17-8-12-22-41(33)50-45(35)42-34-18-7-10-20-38(34)49(47)44(36)42/h1-27H. The Labute approximate surface area is 298 Å². The van der Waals surface area contributed by atoms with Crippen molar-refractivity contribution in [2.24, 2.45) is 0 Å². The van der Waals surface area contributed by atoms with E-state index in [0.29, 0.717) is 0 Å². The van der Waals surface area contributed by atoms with E-state index in [4.69, 9.17) is 4.42 Å². The molecule has 3 aromatic heterocycles. The molecule has 0 bridgehead atoms. The zero-order valence-electron chi connectivity index (χ0n) is 27.4. The first kappa shape index (κ1) is 27.5. The summed E-state index contributed by atoms with van der Waals surface area (Å²) < 4.78 is 9.32. The fraction of sp³-hybridized carbons (Fsp3) is 0. The number of aromatic nitrogens is 1. The number of nitrogens with zero attached hydrogens (tertiary/aromatic N) is 2. The maximum absolute atomic E-state index is 6.71. The number of anilines is 3. The van der Waals surface area contributed by atoms with E-state index in [1.165, 1.54) is 82.2 Å². The summed E-state index contributed by atoms with van der Waals surface area (Å²) in [5.41, 5.74) is 16.8. The number of benzene rings is 7. The van der Waals surface area contributed by atoms with Crippen LogP contribution in [0, 0.1) is 0 Å². The van der Waals surface area contributed by atoms with Crippen molar-refractivity contribution >= 4 is 89.9 Å². The Morgan fingerprint density at radius 3 is 2.00 bits per heavy atom. The van der Waals surface area contributed by atoms with E-state index in [1.54, 1.807) is 0 Å². The molecule has 0 saturated carbocycles. The van der Waals surface area contributed by atoms with Crippen LogP contribution < -0.4 is 15.8 Å². The monoisotopic (exact) mass is 666 g/mol. The molecule has 5 heteroatoms. The molecule has 12 rings (SSSR count). The average molecular weight is 667 g/mol. The molecular weight excluding hydrogens is 639 g/mol. The zero-order valence-corrected chi connectivity index (χ0v) is 28.2. The maximum Gasteiger partial charge on any atom is 0.333 e. The van der Waals surface area contributed by atoms with Crippen molar-refractivity contribution in [3.63, 3.8) is 0 Å². The molecule has 3 nitrogen and oxygen atoms in total. The van der Waals surface area contributed by atoms with Gasteiger partial charge in [0.05, 0.1) is 16.6 Å². The van der Waals surface area contributed by atoms with Crippen LogP contribution >= 0.6 is 11.3 Å². The molecule has 0 aliphatic carbocycles. The Balaban J connectivity index is 1.18. The predicted octanol–water partition coefficient (Wildman–Crippen LogP) is 11.5. The Bertz CT molecular complexity index is 2990. The number of rotatable bonds is 3. The fourth-order valence-electron chi connectivity index (χ4n) is 8.90. The molecule has 0 unspecified atom stereocenters. The van der Waals surface area contributed by atoms with Crippen molar-refractivity contribution in [3.05, 3.63) is 163 Å². The first-order chi connectivity index (χ1) is 25.3. The summed E-state index contributed by atoms with van der Waals surface area (Å²) in [4.78, 5) is 3.85. The lowest BCUT2D eigenvalue weighted by atomic mass is 9.46. The minimum absolute atomic E-state index is 0.0244. The van der Waals surface area contributed by atoms with Crippen LogP contribution in [0.25, 0.3) is 76.4 Å². The van der Waals surface area contributed by atoms with Crippen LogP contribution in [0.3, 0.4) is 0 Å². The molecule has 0 fully saturated rings. The van der Waals surface area contributed by atoms with E-state index in [9.17, 15) is 0 Å². The van der Waals surface area contributed by atoms with Gasteiger partial charge in [-0.1, -0.05) is 115 Å². The summed E-state index contributed by atoms with van der Waals surface area (Å²) in [6.07, 6.45) is 0. The van der Waals surface area contributed by atoms with Crippen molar-refractivity contribution in [2.75, 3.05) is 4.90 Å². The number of para-hydroxylation sites is 3. The van der Waals surface area contributed by atoms with Gasteiger partial charge in [-0.2, -0.15) is 0 Å². The topological polar surface area (TPSA) is 21.3 Å². The van der Waals surface area contributed by atoms with Crippen LogP contribution in [-0.4, -0.2) is 11.3 Å². The van der Waals surface area contributed by atoms with E-state index in [0.717, 1.165) is 22.2 Å². The van der Waals surface area contributed by atoms with Gasteiger partial charge >= 0.3 is 6.85 Å². The van der Waals surface area contributed by atoms with Crippen molar-refractivity contribution in [1.82, 2.24) is 4.48 Å². The van der Waals surface area contributed by atoms with Gasteiger partial charge < -0.3 is 13.8 Å². The van der Waals surface area contributed by atoms with Crippen molar-refractivity contribution in [1.29, 1.82) is 0 Å². The van der Waals surface area contributed by atoms with Crippen molar-refractivity contribution in [2.45, 2.75) is 0 Å². The van der Waals surface area contributed by atoms with E-state index in [-0.39, 0.29) is 6.85 Å². The summed E-state index contributed by atoms with van der Waals surface area (Å²) in [7, 11) is 0. The van der Waals surface area contributed by atoms with Gasteiger partial charge in [0.25, 0.3) is 0 Å². The lowest BCUT2D eigenvalue weighted by Crippen LogP contribution is -2.55. The highest BCUT2D eigenvalue weighted by molar-refractivity contribution is 7.17. The molecule has 7 aromatic carbocycles. The normalized spacial score (nSPS) is 13.0. The largest absolute Gasteiger partial charge is 0.455 e. The SMILES string of the molecule is c1ccc(-c2cc(-c3ccccc3)cc(N3c4ccccc4B4c5c3csc5-c3cc5c6ccccc6oc5c5c6ccccc6n4c35)c2)cc1. The summed E-state index contributed by atoms with van der Waals surface area (Å²) in [6, 6.07) is 57.3. The Kier molecular flexibility index (Phi) is 5.47. The van der Waals surface area contributed by atoms with Gasteiger partial charge in [0, 0.05) is 48.9 Å². The summed E-state index contributed by atoms with van der Waals surface area (Å²) >= 11 is 1.87. The minimum atomic E-state index is 0.0244. The molecule has 0 spiro atoms. The van der Waals surface area contributed by atoms with Gasteiger partial charge in [-0.15, -0.1) is 11.3 Å². The molecule has 51 heavy (non-hydrogen) atoms. The van der Waals surface area contributed by atoms with Gasteiger partial charge in [-0.3, -0.25) is 0 Å². The molecular formula is C46H27BN2OS. The van der Waals surface area contributed by atoms with Crippen molar-refractivity contribution < 1.29 is 4.42 Å². The molecule has 0 amide bonds. The lowest BCUT2D eigenvalue weighted by molar-refractivity contribution is 0.673. The van der Waals surface area contributed by atoms with Crippen LogP contribution in [0.1, 0.15) is 0 Å². The van der Waals surface area contributed by atoms with Gasteiger partial charge in [0.1, 0.15) is 11.2 Å². The Hall–Kier alpha value is -6.30. The zero-order chi connectivity index (χ0) is 33.2. The van der Waals surface area contributed by atoms with E-state index in [2.05, 4.69) is 172 Å². The molecule has 0 N–H and O–H groups in total. The first-order valence-electron chi connectivity index (χ1n) is 17.5. The number of hydrogen-bond donors (Lipinski definition) is 0. The quantitative estimate of drug-likeness (QED) is 0.175. The highest BCUT2D eigenvalue weighted by Gasteiger charge is 2.44. The van der Waals surface area contributed by atoms with E-state index < -0.39 is 0 Å². The van der Waals surface area contributed by atoms with Crippen LogP contribution in [0.4, 0.5) is 17.1 Å². The number of furan rings is 1. The van der Waals surface area contributed by atoms with E-state index in [1.807, 2.05) is 11.3 Å². The average Bonchev–Trinajstić information content (AvgIpc) is 3.90. The molecule has 0 saturated heterocycles. The van der Waals surface area contributed by atoms with Gasteiger partial charge in [-0.25, -0.2) is 0 Å². The smallest absolute Gasteiger partial charge is 0.333 e. The second-order valence-corrected chi connectivity index (χ2v) is 14.6. The lowest BCUT2D eigenvalue weighted by Gasteiger charge is -2.38. The number of hydrogen-bond acceptors (Lipinski definition) is 3. The van der Waals surface area contributed by atoms with Crippen molar-refractivity contribution in [3.8, 4) is 32.7 Å². The summed E-state index contributed by atoms with van der Waals surface area (Å²) in [6.45, 7) is 0.0244. The molecule has 2 aliphatic rings. The van der Waals surface area contributed by atoms with E-state index >= 15 is 0 Å². The second-order valence-electron chi connectivity index (χ2n) is 13.7. The number of thiophene rings is 1. The van der Waals surface area contributed by atoms with Crippen LogP contribution in [0.15, 0.2) is 168 Å². The van der Waals surface area contributed by atoms with Gasteiger partial charge in [0.2, 0.25) is 0 Å². The Morgan fingerprint density at radius 1 is 0.549 bits per heavy atom. The maximum atomic E-state index is 6.71. The van der Waals surface area contributed by atoms with Gasteiger partial charge in [0.15, 0.2) is 0 Å². The van der Waals surface area contributed by atoms with Crippen LogP contribution in [0.5, 0.6) is 0 Å². The van der Waals surface area contributed by atoms with Gasteiger partial charge in [-0.05, 0) is 75.6 Å². The van der Waals surface area contributed by atoms with Crippen LogP contribution in [-0.2, 0) is 0 Å². The minimum Gasteiger partial charge on any atom is -0.455 e. The predicted molar refractivity (Wildman–Crippen MR) is 216 cm³/mol. The molecule has 10 aromatic rings. The summed E-state index contributed by atoms with van der Waals surface area (Å²) in [5.74, 6) is 0. The van der Waals surface area contributed by atoms with Crippen LogP contribution in [0.2, 0.25) is 0 Å². The highest BCUT2D eigenvalue weighted by atomic mass is 32.1.